The third-order valence-corrected chi connectivity index (χ3v) is 4.44. The Labute approximate surface area is 148 Å². The molecule has 0 atom stereocenters. The van der Waals surface area contributed by atoms with Gasteiger partial charge in [-0.15, -0.1) is 10.2 Å². The number of rotatable bonds is 4. The van der Waals surface area contributed by atoms with Crippen molar-refractivity contribution in [3.8, 4) is 0 Å². The van der Waals surface area contributed by atoms with Gasteiger partial charge in [0.15, 0.2) is 11.6 Å². The Kier molecular flexibility index (Phi) is 5.28. The maximum atomic E-state index is 12.2. The second-order valence-electron chi connectivity index (χ2n) is 6.58. The molecule has 1 aliphatic rings. The van der Waals surface area contributed by atoms with Gasteiger partial charge in [-0.25, -0.2) is 0 Å². The first-order valence-corrected chi connectivity index (χ1v) is 8.60. The van der Waals surface area contributed by atoms with Crippen molar-refractivity contribution < 1.29 is 9.53 Å². The Morgan fingerprint density at radius 3 is 2.24 bits per heavy atom. The van der Waals surface area contributed by atoms with E-state index in [4.69, 9.17) is 4.74 Å². The smallest absolute Gasteiger partial charge is 0.228 e. The van der Waals surface area contributed by atoms with Crippen LogP contribution in [0.3, 0.4) is 0 Å². The lowest BCUT2D eigenvalue weighted by Crippen LogP contribution is -2.28. The van der Waals surface area contributed by atoms with E-state index in [-0.39, 0.29) is 11.8 Å². The highest BCUT2D eigenvalue weighted by molar-refractivity contribution is 5.91. The van der Waals surface area contributed by atoms with Crippen molar-refractivity contribution in [2.24, 2.45) is 5.92 Å². The number of carbonyl (C=O) groups excluding carboxylic acids is 1. The van der Waals surface area contributed by atoms with E-state index >= 15 is 0 Å². The summed E-state index contributed by atoms with van der Waals surface area (Å²) in [5.41, 5.74) is 4.60. The highest BCUT2D eigenvalue weighted by atomic mass is 16.5. The molecule has 2 aromatic rings. The van der Waals surface area contributed by atoms with Gasteiger partial charge in [-0.3, -0.25) is 4.79 Å². The van der Waals surface area contributed by atoms with Crippen molar-refractivity contribution in [3.05, 3.63) is 41.0 Å². The number of nitrogens with zero attached hydrogens (tertiary/aromatic N) is 2. The largest absolute Gasteiger partial charge is 0.381 e. The number of aromatic nitrogens is 2. The van der Waals surface area contributed by atoms with Gasteiger partial charge >= 0.3 is 0 Å². The molecule has 6 nitrogen and oxygen atoms in total. The second kappa shape index (κ2) is 7.61. The predicted molar refractivity (Wildman–Crippen MR) is 98.1 cm³/mol. The van der Waals surface area contributed by atoms with E-state index in [0.29, 0.717) is 24.8 Å². The highest BCUT2D eigenvalue weighted by Gasteiger charge is 2.21. The number of carbonyl (C=O) groups is 1. The molecule has 0 radical (unpaired) electrons. The zero-order chi connectivity index (χ0) is 17.8. The number of anilines is 3. The standard InChI is InChI=1S/C19H24N4O2/c1-12-10-13(2)18(14(3)11-12)20-16-4-5-17(23-22-16)21-19(24)15-6-8-25-9-7-15/h4-5,10-11,15H,6-9H2,1-3H3,(H,20,22)(H,21,23,24). The molecule has 1 aromatic heterocycles. The van der Waals surface area contributed by atoms with E-state index in [1.807, 2.05) is 6.07 Å². The summed E-state index contributed by atoms with van der Waals surface area (Å²) in [4.78, 5) is 12.2. The fourth-order valence-electron chi connectivity index (χ4n) is 3.16. The summed E-state index contributed by atoms with van der Waals surface area (Å²) in [6, 6.07) is 7.85. The van der Waals surface area contributed by atoms with Crippen LogP contribution in [-0.4, -0.2) is 29.3 Å². The zero-order valence-corrected chi connectivity index (χ0v) is 14.9. The summed E-state index contributed by atoms with van der Waals surface area (Å²) in [6.45, 7) is 7.50. The van der Waals surface area contributed by atoms with Crippen LogP contribution in [0.4, 0.5) is 17.3 Å². The number of hydrogen-bond acceptors (Lipinski definition) is 5. The van der Waals surface area contributed by atoms with Gasteiger partial charge in [0.05, 0.1) is 0 Å². The molecule has 0 saturated carbocycles. The number of benzene rings is 1. The van der Waals surface area contributed by atoms with Crippen LogP contribution in [0.5, 0.6) is 0 Å². The molecular formula is C19H24N4O2. The first-order chi connectivity index (χ1) is 12.0. The van der Waals surface area contributed by atoms with Crippen LogP contribution < -0.4 is 10.6 Å². The van der Waals surface area contributed by atoms with Gasteiger partial charge < -0.3 is 15.4 Å². The van der Waals surface area contributed by atoms with E-state index in [0.717, 1.165) is 29.7 Å². The van der Waals surface area contributed by atoms with Crippen molar-refractivity contribution >= 4 is 23.2 Å². The van der Waals surface area contributed by atoms with Gasteiger partial charge in [-0.1, -0.05) is 17.7 Å². The number of ether oxygens (including phenoxy) is 1. The van der Waals surface area contributed by atoms with Crippen LogP contribution in [0, 0.1) is 26.7 Å². The monoisotopic (exact) mass is 340 g/mol. The van der Waals surface area contributed by atoms with Crippen LogP contribution in [0.2, 0.25) is 0 Å². The first kappa shape index (κ1) is 17.4. The normalized spacial score (nSPS) is 15.0. The molecule has 0 spiro atoms. The Morgan fingerprint density at radius 1 is 1.04 bits per heavy atom. The SMILES string of the molecule is Cc1cc(C)c(Nc2ccc(NC(=O)C3CCOCC3)nn2)c(C)c1. The quantitative estimate of drug-likeness (QED) is 0.891. The molecule has 0 bridgehead atoms. The molecule has 2 N–H and O–H groups in total. The molecule has 2 heterocycles. The van der Waals surface area contributed by atoms with Crippen molar-refractivity contribution in [2.45, 2.75) is 33.6 Å². The molecular weight excluding hydrogens is 316 g/mol. The van der Waals surface area contributed by atoms with Gasteiger partial charge in [-0.2, -0.15) is 0 Å². The van der Waals surface area contributed by atoms with Gasteiger partial charge in [0.2, 0.25) is 5.91 Å². The predicted octanol–water partition coefficient (Wildman–Crippen LogP) is 3.51. The van der Waals surface area contributed by atoms with Crippen LogP contribution in [0.1, 0.15) is 29.5 Å². The lowest BCUT2D eigenvalue weighted by molar-refractivity contribution is -0.122. The minimum atomic E-state index is -0.0106. The number of nitrogens with one attached hydrogen (secondary N) is 2. The molecule has 132 valence electrons. The molecule has 1 aliphatic heterocycles. The summed E-state index contributed by atoms with van der Waals surface area (Å²) in [5, 5.41) is 14.4. The Bertz CT molecular complexity index is 730. The van der Waals surface area contributed by atoms with E-state index in [1.54, 1.807) is 6.07 Å². The molecule has 1 saturated heterocycles. The fraction of sp³-hybridized carbons (Fsp3) is 0.421. The van der Waals surface area contributed by atoms with Crippen LogP contribution in [0.15, 0.2) is 24.3 Å². The third kappa shape index (κ3) is 4.33. The summed E-state index contributed by atoms with van der Waals surface area (Å²) < 4.78 is 5.28. The molecule has 0 aliphatic carbocycles. The van der Waals surface area contributed by atoms with Gasteiger partial charge in [0.1, 0.15) is 0 Å². The minimum absolute atomic E-state index is 0.00814. The lowest BCUT2D eigenvalue weighted by atomic mass is 9.99. The topological polar surface area (TPSA) is 76.1 Å². The maximum Gasteiger partial charge on any atom is 0.228 e. The van der Waals surface area contributed by atoms with E-state index < -0.39 is 0 Å². The van der Waals surface area contributed by atoms with Crippen molar-refractivity contribution in [3.63, 3.8) is 0 Å². The average molecular weight is 340 g/mol. The van der Waals surface area contributed by atoms with E-state index in [9.17, 15) is 4.79 Å². The number of aryl methyl sites for hydroxylation is 3. The Balaban J connectivity index is 1.65. The van der Waals surface area contributed by atoms with Crippen molar-refractivity contribution in [2.75, 3.05) is 23.8 Å². The van der Waals surface area contributed by atoms with Crippen LogP contribution in [-0.2, 0) is 9.53 Å². The highest BCUT2D eigenvalue weighted by Crippen LogP contribution is 2.25. The Hall–Kier alpha value is -2.47. The molecule has 1 fully saturated rings. The molecule has 1 amide bonds. The number of hydrogen-bond donors (Lipinski definition) is 2. The molecule has 1 aromatic carbocycles. The van der Waals surface area contributed by atoms with Crippen molar-refractivity contribution in [1.29, 1.82) is 0 Å². The summed E-state index contributed by atoms with van der Waals surface area (Å²) in [5.74, 6) is 1.10. The van der Waals surface area contributed by atoms with E-state index in [1.165, 1.54) is 5.56 Å². The van der Waals surface area contributed by atoms with Crippen LogP contribution in [0.25, 0.3) is 0 Å². The molecule has 0 unspecified atom stereocenters. The van der Waals surface area contributed by atoms with Gasteiger partial charge in [0, 0.05) is 24.8 Å². The lowest BCUT2D eigenvalue weighted by Gasteiger charge is -2.20. The van der Waals surface area contributed by atoms with Gasteiger partial charge in [0.25, 0.3) is 0 Å². The minimum Gasteiger partial charge on any atom is -0.381 e. The van der Waals surface area contributed by atoms with E-state index in [2.05, 4.69) is 53.7 Å². The van der Waals surface area contributed by atoms with Crippen LogP contribution >= 0.6 is 0 Å². The molecule has 3 rings (SSSR count). The summed E-state index contributed by atoms with van der Waals surface area (Å²) >= 11 is 0. The second-order valence-corrected chi connectivity index (χ2v) is 6.58. The fourth-order valence-corrected chi connectivity index (χ4v) is 3.16. The first-order valence-electron chi connectivity index (χ1n) is 8.60. The molecule has 25 heavy (non-hydrogen) atoms. The van der Waals surface area contributed by atoms with Gasteiger partial charge in [-0.05, 0) is 56.9 Å². The zero-order valence-electron chi connectivity index (χ0n) is 14.9. The average Bonchev–Trinajstić information content (AvgIpc) is 2.60. The van der Waals surface area contributed by atoms with Crippen molar-refractivity contribution in [1.82, 2.24) is 10.2 Å². The maximum absolute atomic E-state index is 12.2. The summed E-state index contributed by atoms with van der Waals surface area (Å²) in [7, 11) is 0. The summed E-state index contributed by atoms with van der Waals surface area (Å²) in [6.07, 6.45) is 1.51. The number of amides is 1. The Morgan fingerprint density at radius 2 is 1.64 bits per heavy atom. The third-order valence-electron chi connectivity index (χ3n) is 4.44. The molecule has 6 heteroatoms.